The molecule has 0 aliphatic carbocycles. The molecular formula is C35H37N7O3. The van der Waals surface area contributed by atoms with Crippen LogP contribution in [-0.4, -0.2) is 52.7 Å². The molecule has 10 nitrogen and oxygen atoms in total. The van der Waals surface area contributed by atoms with E-state index < -0.39 is 0 Å². The fourth-order valence-electron chi connectivity index (χ4n) is 5.65. The predicted molar refractivity (Wildman–Crippen MR) is 177 cm³/mol. The number of anilines is 4. The molecule has 45 heavy (non-hydrogen) atoms. The molecule has 2 amide bonds. The number of nitrogens with zero attached hydrogens (tertiary/aromatic N) is 4. The lowest BCUT2D eigenvalue weighted by molar-refractivity contribution is 0.0938. The minimum absolute atomic E-state index is 0.160. The van der Waals surface area contributed by atoms with Crippen molar-refractivity contribution in [2.75, 3.05) is 41.8 Å². The number of aryl methyl sites for hydroxylation is 3. The van der Waals surface area contributed by atoms with Crippen molar-refractivity contribution in [2.45, 2.75) is 33.7 Å². The molecule has 1 fully saturated rings. The first-order valence-corrected chi connectivity index (χ1v) is 15.1. The number of carbonyl (C=O) groups is 2. The second-order valence-corrected chi connectivity index (χ2v) is 11.4. The third-order valence-corrected chi connectivity index (χ3v) is 8.17. The first kappa shape index (κ1) is 29.8. The zero-order valence-corrected chi connectivity index (χ0v) is 25.9. The van der Waals surface area contributed by atoms with Crippen molar-refractivity contribution in [1.29, 1.82) is 0 Å². The van der Waals surface area contributed by atoms with E-state index in [-0.39, 0.29) is 17.9 Å². The number of hydrogen-bond acceptors (Lipinski definition) is 7. The number of hydrogen-bond donors (Lipinski definition) is 3. The Kier molecular flexibility index (Phi) is 8.48. The van der Waals surface area contributed by atoms with E-state index in [1.54, 1.807) is 10.7 Å². The number of carbonyl (C=O) groups excluding carboxylic acids is 2. The maximum atomic E-state index is 13.4. The van der Waals surface area contributed by atoms with Gasteiger partial charge in [-0.05, 0) is 80.3 Å². The van der Waals surface area contributed by atoms with E-state index in [4.69, 9.17) is 4.74 Å². The SMILES string of the molecule is Cc1cc(NC(=O)c2ccc(C)c(Nc3ncnn4cc(C(=O)NC(C)c5ccccc5)c(C)c34)c2)cc(N2CCOCC2)c1. The third-order valence-electron chi connectivity index (χ3n) is 8.17. The quantitative estimate of drug-likeness (QED) is 0.200. The van der Waals surface area contributed by atoms with Gasteiger partial charge in [-0.3, -0.25) is 9.59 Å². The van der Waals surface area contributed by atoms with Crippen molar-refractivity contribution < 1.29 is 14.3 Å². The number of fused-ring (bicyclic) bond motifs is 1. The van der Waals surface area contributed by atoms with Crippen LogP contribution >= 0.6 is 0 Å². The second kappa shape index (κ2) is 12.8. The van der Waals surface area contributed by atoms with Crippen LogP contribution in [0.4, 0.5) is 22.9 Å². The number of rotatable bonds is 8. The van der Waals surface area contributed by atoms with Crippen LogP contribution in [0.1, 0.15) is 55.9 Å². The van der Waals surface area contributed by atoms with Gasteiger partial charge in [0.2, 0.25) is 0 Å². The minimum atomic E-state index is -0.213. The van der Waals surface area contributed by atoms with Gasteiger partial charge < -0.3 is 25.6 Å². The Hall–Kier alpha value is -5.22. The summed E-state index contributed by atoms with van der Waals surface area (Å²) in [5.41, 5.74) is 8.01. The van der Waals surface area contributed by atoms with Crippen LogP contribution < -0.4 is 20.9 Å². The van der Waals surface area contributed by atoms with Gasteiger partial charge in [-0.15, -0.1) is 0 Å². The second-order valence-electron chi connectivity index (χ2n) is 11.4. The third kappa shape index (κ3) is 6.51. The Balaban J connectivity index is 1.22. The molecule has 1 saturated heterocycles. The highest BCUT2D eigenvalue weighted by atomic mass is 16.5. The lowest BCUT2D eigenvalue weighted by Crippen LogP contribution is -2.36. The van der Waals surface area contributed by atoms with Gasteiger partial charge in [0.05, 0.1) is 24.8 Å². The van der Waals surface area contributed by atoms with Crippen molar-refractivity contribution in [3.63, 3.8) is 0 Å². The minimum Gasteiger partial charge on any atom is -0.378 e. The molecule has 5 aromatic rings. The van der Waals surface area contributed by atoms with Crippen LogP contribution in [0.15, 0.2) is 79.3 Å². The summed E-state index contributed by atoms with van der Waals surface area (Å²) in [7, 11) is 0. The summed E-state index contributed by atoms with van der Waals surface area (Å²) in [6, 6.07) is 21.3. The van der Waals surface area contributed by atoms with Crippen LogP contribution in [-0.2, 0) is 4.74 Å². The molecule has 1 atom stereocenters. The standard InChI is InChI=1S/C35H37N7O3/c1-22-16-28(19-29(17-22)41-12-14-45-15-13-41)39-34(43)27-11-10-23(2)31(18-27)40-33-32-24(3)30(20-42(32)37-21-36-33)35(44)38-25(4)26-8-6-5-7-9-26/h5-11,16-21,25H,12-15H2,1-4H3,(H,38,44)(H,39,43)(H,36,37,40). The van der Waals surface area contributed by atoms with Crippen LogP contribution in [0.2, 0.25) is 0 Å². The van der Waals surface area contributed by atoms with Crippen molar-refractivity contribution in [3.8, 4) is 0 Å². The summed E-state index contributed by atoms with van der Waals surface area (Å²) in [6.45, 7) is 10.9. The van der Waals surface area contributed by atoms with E-state index in [2.05, 4.69) is 37.0 Å². The monoisotopic (exact) mass is 603 g/mol. The van der Waals surface area contributed by atoms with E-state index in [9.17, 15) is 9.59 Å². The summed E-state index contributed by atoms with van der Waals surface area (Å²) in [5, 5.41) is 13.9. The highest BCUT2D eigenvalue weighted by molar-refractivity contribution is 6.05. The van der Waals surface area contributed by atoms with Crippen LogP contribution in [0, 0.1) is 20.8 Å². The number of nitrogens with one attached hydrogen (secondary N) is 3. The Bertz CT molecular complexity index is 1860. The molecule has 1 unspecified atom stereocenters. The van der Waals surface area contributed by atoms with Gasteiger partial charge in [-0.1, -0.05) is 36.4 Å². The van der Waals surface area contributed by atoms with Crippen molar-refractivity contribution >= 4 is 40.2 Å². The largest absolute Gasteiger partial charge is 0.378 e. The van der Waals surface area contributed by atoms with Crippen molar-refractivity contribution in [2.24, 2.45) is 0 Å². The average Bonchev–Trinajstić information content (AvgIpc) is 3.39. The predicted octanol–water partition coefficient (Wildman–Crippen LogP) is 5.98. The smallest absolute Gasteiger partial charge is 0.255 e. The van der Waals surface area contributed by atoms with Gasteiger partial charge in [0.25, 0.3) is 11.8 Å². The summed E-state index contributed by atoms with van der Waals surface area (Å²) >= 11 is 0. The van der Waals surface area contributed by atoms with Gasteiger partial charge in [-0.25, -0.2) is 9.50 Å². The van der Waals surface area contributed by atoms with Crippen molar-refractivity contribution in [1.82, 2.24) is 19.9 Å². The molecule has 1 aliphatic rings. The lowest BCUT2D eigenvalue weighted by Gasteiger charge is -2.29. The lowest BCUT2D eigenvalue weighted by atomic mass is 10.1. The number of morpholine rings is 1. The summed E-state index contributed by atoms with van der Waals surface area (Å²) in [6.07, 6.45) is 3.16. The summed E-state index contributed by atoms with van der Waals surface area (Å²) < 4.78 is 7.15. The summed E-state index contributed by atoms with van der Waals surface area (Å²) in [4.78, 5) is 33.5. The molecule has 3 aromatic carbocycles. The Labute approximate surface area is 262 Å². The maximum Gasteiger partial charge on any atom is 0.255 e. The molecule has 6 rings (SSSR count). The molecule has 10 heteroatoms. The molecule has 1 aliphatic heterocycles. The number of benzene rings is 3. The van der Waals surface area contributed by atoms with Gasteiger partial charge in [0, 0.05) is 41.9 Å². The van der Waals surface area contributed by atoms with Gasteiger partial charge in [-0.2, -0.15) is 5.10 Å². The highest BCUT2D eigenvalue weighted by Gasteiger charge is 2.21. The topological polar surface area (TPSA) is 113 Å². The average molecular weight is 604 g/mol. The number of ether oxygens (including phenoxy) is 1. The molecule has 3 heterocycles. The number of amides is 2. The molecule has 3 N–H and O–H groups in total. The Morgan fingerprint density at radius 2 is 1.71 bits per heavy atom. The fraction of sp³-hybridized carbons (Fsp3) is 0.257. The van der Waals surface area contributed by atoms with Crippen molar-refractivity contribution in [3.05, 3.63) is 113 Å². The highest BCUT2D eigenvalue weighted by Crippen LogP contribution is 2.29. The van der Waals surface area contributed by atoms with Gasteiger partial charge in [0.15, 0.2) is 5.82 Å². The zero-order chi connectivity index (χ0) is 31.5. The van der Waals surface area contributed by atoms with Crippen LogP contribution in [0.3, 0.4) is 0 Å². The molecular weight excluding hydrogens is 566 g/mol. The first-order valence-electron chi connectivity index (χ1n) is 15.1. The van der Waals surface area contributed by atoms with E-state index >= 15 is 0 Å². The molecule has 0 bridgehead atoms. The summed E-state index contributed by atoms with van der Waals surface area (Å²) in [5.74, 6) is 0.130. The molecule has 0 radical (unpaired) electrons. The molecule has 0 spiro atoms. The van der Waals surface area contributed by atoms with Crippen LogP contribution in [0.5, 0.6) is 0 Å². The van der Waals surface area contributed by atoms with E-state index in [0.717, 1.165) is 52.4 Å². The van der Waals surface area contributed by atoms with E-state index in [1.807, 2.05) is 88.4 Å². The molecule has 230 valence electrons. The van der Waals surface area contributed by atoms with Gasteiger partial charge >= 0.3 is 0 Å². The molecule has 2 aromatic heterocycles. The van der Waals surface area contributed by atoms with Gasteiger partial charge in [0.1, 0.15) is 11.8 Å². The molecule has 0 saturated carbocycles. The van der Waals surface area contributed by atoms with E-state index in [1.165, 1.54) is 6.33 Å². The van der Waals surface area contributed by atoms with Crippen LogP contribution in [0.25, 0.3) is 5.52 Å². The zero-order valence-electron chi connectivity index (χ0n) is 25.9. The van der Waals surface area contributed by atoms with E-state index in [0.29, 0.717) is 35.7 Å². The fourth-order valence-corrected chi connectivity index (χ4v) is 5.65. The number of aromatic nitrogens is 3. The maximum absolute atomic E-state index is 13.4. The first-order chi connectivity index (χ1) is 21.8. The Morgan fingerprint density at radius 1 is 0.933 bits per heavy atom. The Morgan fingerprint density at radius 3 is 2.49 bits per heavy atom. The normalized spacial score (nSPS) is 13.8.